The standard InChI is InChI=1S/C6H7N.BH2O2.ClH/c7-6-4-2-1-3-5-6;2-1-3;/h1-5H,7H2;2-3H;1H. The Kier molecular flexibility index (Phi) is 10.9. The van der Waals surface area contributed by atoms with Crippen LogP contribution in [0.4, 0.5) is 5.69 Å². The maximum atomic E-state index is 7.00. The van der Waals surface area contributed by atoms with Crippen molar-refractivity contribution in [2.75, 3.05) is 5.73 Å². The molecule has 5 heteroatoms. The van der Waals surface area contributed by atoms with Crippen LogP contribution in [0.1, 0.15) is 0 Å². The summed E-state index contributed by atoms with van der Waals surface area (Å²) in [4.78, 5) is 0. The normalized spacial score (nSPS) is 6.73. The smallest absolute Gasteiger partial charge is 0.429 e. The minimum Gasteiger partial charge on any atom is -0.429 e. The number of benzene rings is 1. The van der Waals surface area contributed by atoms with Crippen LogP contribution < -0.4 is 5.73 Å². The fourth-order valence-electron chi connectivity index (χ4n) is 0.453. The van der Waals surface area contributed by atoms with Crippen LogP contribution in [0.5, 0.6) is 0 Å². The van der Waals surface area contributed by atoms with Gasteiger partial charge in [0, 0.05) is 5.69 Å². The summed E-state index contributed by atoms with van der Waals surface area (Å²) in [6.45, 7) is 0. The fourth-order valence-corrected chi connectivity index (χ4v) is 0.453. The van der Waals surface area contributed by atoms with Crippen LogP contribution in [0.2, 0.25) is 0 Å². The molecule has 1 radical (unpaired) electrons. The van der Waals surface area contributed by atoms with E-state index in [0.29, 0.717) is 0 Å². The Labute approximate surface area is 72.6 Å². The van der Waals surface area contributed by atoms with Crippen LogP contribution in [0.3, 0.4) is 0 Å². The van der Waals surface area contributed by atoms with Gasteiger partial charge in [-0.2, -0.15) is 0 Å². The first kappa shape index (κ1) is 12.9. The molecule has 0 aliphatic heterocycles. The molecule has 0 heterocycles. The molecule has 0 amide bonds. The van der Waals surface area contributed by atoms with Gasteiger partial charge in [0.15, 0.2) is 0 Å². The van der Waals surface area contributed by atoms with Gasteiger partial charge in [0.1, 0.15) is 0 Å². The number of rotatable bonds is 0. The molecule has 1 aromatic carbocycles. The monoisotopic (exact) mass is 174 g/mol. The highest BCUT2D eigenvalue weighted by molar-refractivity contribution is 6.13. The second-order valence-electron chi connectivity index (χ2n) is 1.53. The Morgan fingerprint density at radius 3 is 1.64 bits per heavy atom. The minimum absolute atomic E-state index is 0. The molecule has 1 rings (SSSR count). The van der Waals surface area contributed by atoms with Crippen LogP contribution in [0.25, 0.3) is 0 Å². The van der Waals surface area contributed by atoms with E-state index in [1.54, 1.807) is 0 Å². The number of halogens is 1. The zero-order valence-corrected chi connectivity index (χ0v) is 6.66. The second kappa shape index (κ2) is 9.29. The second-order valence-corrected chi connectivity index (χ2v) is 1.53. The van der Waals surface area contributed by atoms with Gasteiger partial charge >= 0.3 is 7.69 Å². The Balaban J connectivity index is 0. The highest BCUT2D eigenvalue weighted by atomic mass is 35.5. The van der Waals surface area contributed by atoms with E-state index in [4.69, 9.17) is 15.8 Å². The predicted octanol–water partition coefficient (Wildman–Crippen LogP) is 0.196. The summed E-state index contributed by atoms with van der Waals surface area (Å²) in [6, 6.07) is 9.49. The third-order valence-corrected chi connectivity index (χ3v) is 0.800. The molecule has 61 valence electrons. The summed E-state index contributed by atoms with van der Waals surface area (Å²) in [7, 11) is 0. The van der Waals surface area contributed by atoms with Crippen LogP contribution >= 0.6 is 12.4 Å². The number of nitrogens with two attached hydrogens (primary N) is 1. The first-order valence-electron chi connectivity index (χ1n) is 2.72. The van der Waals surface area contributed by atoms with Gasteiger partial charge in [0.05, 0.1) is 0 Å². The van der Waals surface area contributed by atoms with Crippen molar-refractivity contribution in [1.29, 1.82) is 0 Å². The lowest BCUT2D eigenvalue weighted by Crippen LogP contribution is -1.79. The molecule has 0 fully saturated rings. The molecule has 1 aromatic rings. The highest BCUT2D eigenvalue weighted by Gasteiger charge is 1.72. The summed E-state index contributed by atoms with van der Waals surface area (Å²) in [5, 5.41) is 14.0. The Morgan fingerprint density at radius 2 is 1.45 bits per heavy atom. The van der Waals surface area contributed by atoms with Gasteiger partial charge in [-0.1, -0.05) is 18.2 Å². The lowest BCUT2D eigenvalue weighted by molar-refractivity contribution is 0.448. The fraction of sp³-hybridized carbons (Fsp3) is 0. The first-order valence-corrected chi connectivity index (χ1v) is 2.72. The van der Waals surface area contributed by atoms with Gasteiger partial charge in [-0.05, 0) is 12.1 Å². The summed E-state index contributed by atoms with van der Waals surface area (Å²) in [5.74, 6) is 0. The van der Waals surface area contributed by atoms with E-state index in [1.807, 2.05) is 30.3 Å². The van der Waals surface area contributed by atoms with Crippen LogP contribution in [-0.2, 0) is 0 Å². The van der Waals surface area contributed by atoms with Crippen molar-refractivity contribution in [1.82, 2.24) is 0 Å². The molecule has 0 atom stereocenters. The molecule has 11 heavy (non-hydrogen) atoms. The molecule has 0 unspecified atom stereocenters. The molecule has 0 aliphatic rings. The van der Waals surface area contributed by atoms with Gasteiger partial charge in [-0.15, -0.1) is 12.4 Å². The topological polar surface area (TPSA) is 66.5 Å². The van der Waals surface area contributed by atoms with Crippen molar-refractivity contribution < 1.29 is 10.0 Å². The zero-order valence-electron chi connectivity index (χ0n) is 5.84. The van der Waals surface area contributed by atoms with E-state index in [2.05, 4.69) is 0 Å². The van der Waals surface area contributed by atoms with Crippen LogP contribution in [0.15, 0.2) is 30.3 Å². The summed E-state index contributed by atoms with van der Waals surface area (Å²) in [5.41, 5.74) is 6.18. The maximum absolute atomic E-state index is 7.00. The maximum Gasteiger partial charge on any atom is 0.482 e. The van der Waals surface area contributed by atoms with E-state index >= 15 is 0 Å². The van der Waals surface area contributed by atoms with Crippen molar-refractivity contribution in [3.05, 3.63) is 30.3 Å². The first-order chi connectivity index (χ1) is 4.81. The minimum atomic E-state index is 0. The highest BCUT2D eigenvalue weighted by Crippen LogP contribution is 1.95. The number of hydrogen-bond donors (Lipinski definition) is 3. The van der Waals surface area contributed by atoms with Crippen molar-refractivity contribution in [2.45, 2.75) is 0 Å². The third-order valence-electron chi connectivity index (χ3n) is 0.800. The zero-order chi connectivity index (χ0) is 7.82. The molecular formula is C6H10BClNO2. The quantitative estimate of drug-likeness (QED) is 0.389. The molecule has 3 nitrogen and oxygen atoms in total. The van der Waals surface area contributed by atoms with Crippen LogP contribution in [0, 0.1) is 0 Å². The molecule has 0 saturated carbocycles. The number of para-hydroxylation sites is 1. The van der Waals surface area contributed by atoms with Gasteiger partial charge in [-0.25, -0.2) is 0 Å². The van der Waals surface area contributed by atoms with Crippen molar-refractivity contribution in [3.8, 4) is 0 Å². The van der Waals surface area contributed by atoms with Gasteiger partial charge in [-0.3, -0.25) is 0 Å². The van der Waals surface area contributed by atoms with E-state index in [-0.39, 0.29) is 20.1 Å². The molecule has 4 N–H and O–H groups in total. The van der Waals surface area contributed by atoms with Crippen molar-refractivity contribution >= 4 is 25.8 Å². The van der Waals surface area contributed by atoms with E-state index in [9.17, 15) is 0 Å². The van der Waals surface area contributed by atoms with E-state index in [1.165, 1.54) is 0 Å². The third kappa shape index (κ3) is 9.29. The average Bonchev–Trinajstić information content (AvgIpc) is 1.91. The van der Waals surface area contributed by atoms with Gasteiger partial charge < -0.3 is 15.8 Å². The Hall–Kier alpha value is -0.705. The van der Waals surface area contributed by atoms with E-state index in [0.717, 1.165) is 5.69 Å². The lowest BCUT2D eigenvalue weighted by atomic mass is 10.3. The number of hydrogen-bond acceptors (Lipinski definition) is 3. The molecule has 0 saturated heterocycles. The predicted molar refractivity (Wildman–Crippen MR) is 48.3 cm³/mol. The average molecular weight is 174 g/mol. The molecule has 0 aliphatic carbocycles. The number of anilines is 1. The summed E-state index contributed by atoms with van der Waals surface area (Å²) in [6.07, 6.45) is 0. The lowest BCUT2D eigenvalue weighted by Gasteiger charge is -1.83. The van der Waals surface area contributed by atoms with Gasteiger partial charge in [0.25, 0.3) is 0 Å². The largest absolute Gasteiger partial charge is 0.482 e. The summed E-state index contributed by atoms with van der Waals surface area (Å²) >= 11 is 0. The number of nitrogen functional groups attached to an aromatic ring is 1. The molecule has 0 bridgehead atoms. The van der Waals surface area contributed by atoms with Crippen molar-refractivity contribution in [3.63, 3.8) is 0 Å². The molecular weight excluding hydrogens is 164 g/mol. The molecule has 0 aromatic heterocycles. The van der Waals surface area contributed by atoms with Gasteiger partial charge in [0.2, 0.25) is 0 Å². The summed E-state index contributed by atoms with van der Waals surface area (Å²) < 4.78 is 0. The van der Waals surface area contributed by atoms with E-state index < -0.39 is 0 Å². The molecule has 0 spiro atoms. The SMILES string of the molecule is Cl.Nc1ccccc1.O[B]O. The van der Waals surface area contributed by atoms with Crippen molar-refractivity contribution in [2.24, 2.45) is 0 Å². The van der Waals surface area contributed by atoms with Crippen LogP contribution in [-0.4, -0.2) is 17.7 Å². The Bertz CT molecular complexity index is 162. The Morgan fingerprint density at radius 1 is 1.09 bits per heavy atom.